The van der Waals surface area contributed by atoms with Crippen molar-refractivity contribution in [2.75, 3.05) is 25.5 Å². The topological polar surface area (TPSA) is 70.7 Å². The Hall–Kier alpha value is -2.31. The number of nitrogens with one attached hydrogen (secondary N) is 2. The van der Waals surface area contributed by atoms with Gasteiger partial charge in [-0.05, 0) is 25.0 Å². The SMILES string of the molecule is CCC(=O)N[C@H]1CCCN(C(=O)Nc2ccc(F)cc2OC)C1. The number of hydrogen-bond acceptors (Lipinski definition) is 3. The number of anilines is 1. The van der Waals surface area contributed by atoms with Gasteiger partial charge in [-0.1, -0.05) is 6.92 Å². The highest BCUT2D eigenvalue weighted by molar-refractivity contribution is 5.91. The molecule has 0 aliphatic carbocycles. The quantitative estimate of drug-likeness (QED) is 0.893. The molecule has 0 saturated carbocycles. The zero-order valence-corrected chi connectivity index (χ0v) is 13.4. The lowest BCUT2D eigenvalue weighted by Gasteiger charge is -2.33. The van der Waals surface area contributed by atoms with Crippen molar-refractivity contribution in [1.82, 2.24) is 10.2 Å². The molecule has 1 aromatic carbocycles. The molecule has 1 aliphatic heterocycles. The van der Waals surface area contributed by atoms with Gasteiger partial charge in [0.1, 0.15) is 11.6 Å². The molecule has 7 heteroatoms. The molecule has 1 atom stereocenters. The van der Waals surface area contributed by atoms with E-state index in [4.69, 9.17) is 4.74 Å². The predicted molar refractivity (Wildman–Crippen MR) is 85.0 cm³/mol. The van der Waals surface area contributed by atoms with Crippen LogP contribution in [0.3, 0.4) is 0 Å². The number of benzene rings is 1. The van der Waals surface area contributed by atoms with E-state index in [1.54, 1.807) is 11.8 Å². The molecule has 0 bridgehead atoms. The number of carbonyl (C=O) groups is 2. The zero-order valence-electron chi connectivity index (χ0n) is 13.4. The number of carbonyl (C=O) groups excluding carboxylic acids is 2. The highest BCUT2D eigenvalue weighted by Crippen LogP contribution is 2.25. The summed E-state index contributed by atoms with van der Waals surface area (Å²) < 4.78 is 18.3. The van der Waals surface area contributed by atoms with Gasteiger partial charge in [-0.15, -0.1) is 0 Å². The van der Waals surface area contributed by atoms with E-state index in [9.17, 15) is 14.0 Å². The van der Waals surface area contributed by atoms with Gasteiger partial charge in [0, 0.05) is 31.6 Å². The first-order chi connectivity index (χ1) is 11.0. The minimum Gasteiger partial charge on any atom is -0.494 e. The number of piperidine rings is 1. The van der Waals surface area contributed by atoms with Crippen LogP contribution in [0.2, 0.25) is 0 Å². The molecule has 0 aromatic heterocycles. The minimum absolute atomic E-state index is 0.0162. The third-order valence-corrected chi connectivity index (χ3v) is 3.80. The molecular formula is C16H22FN3O3. The molecule has 3 amide bonds. The maximum Gasteiger partial charge on any atom is 0.322 e. The number of likely N-dealkylation sites (tertiary alicyclic amines) is 1. The van der Waals surface area contributed by atoms with E-state index in [2.05, 4.69) is 10.6 Å². The molecule has 1 saturated heterocycles. The molecule has 1 heterocycles. The minimum atomic E-state index is -0.430. The molecule has 0 spiro atoms. The summed E-state index contributed by atoms with van der Waals surface area (Å²) in [6, 6.07) is 3.63. The number of methoxy groups -OCH3 is 1. The molecule has 1 aromatic rings. The third-order valence-electron chi connectivity index (χ3n) is 3.80. The molecule has 0 unspecified atom stereocenters. The van der Waals surface area contributed by atoms with E-state index < -0.39 is 5.82 Å². The number of amides is 3. The summed E-state index contributed by atoms with van der Waals surface area (Å²) in [6.07, 6.45) is 2.10. The van der Waals surface area contributed by atoms with Crippen molar-refractivity contribution in [1.29, 1.82) is 0 Å². The van der Waals surface area contributed by atoms with Crippen molar-refractivity contribution < 1.29 is 18.7 Å². The van der Waals surface area contributed by atoms with Crippen LogP contribution < -0.4 is 15.4 Å². The Kier molecular flexibility index (Phi) is 5.78. The van der Waals surface area contributed by atoms with Crippen molar-refractivity contribution in [2.45, 2.75) is 32.2 Å². The van der Waals surface area contributed by atoms with Crippen molar-refractivity contribution in [3.63, 3.8) is 0 Å². The Morgan fingerprint density at radius 1 is 1.43 bits per heavy atom. The summed E-state index contributed by atoms with van der Waals surface area (Å²) >= 11 is 0. The molecule has 2 N–H and O–H groups in total. The smallest absolute Gasteiger partial charge is 0.322 e. The van der Waals surface area contributed by atoms with E-state index in [1.165, 1.54) is 25.3 Å². The average molecular weight is 323 g/mol. The Morgan fingerprint density at radius 3 is 2.91 bits per heavy atom. The fraction of sp³-hybridized carbons (Fsp3) is 0.500. The van der Waals surface area contributed by atoms with Gasteiger partial charge in [-0.3, -0.25) is 4.79 Å². The maximum atomic E-state index is 13.2. The van der Waals surface area contributed by atoms with E-state index in [-0.39, 0.29) is 23.7 Å². The van der Waals surface area contributed by atoms with Crippen molar-refractivity contribution >= 4 is 17.6 Å². The number of nitrogens with zero attached hydrogens (tertiary/aromatic N) is 1. The molecule has 1 fully saturated rings. The highest BCUT2D eigenvalue weighted by Gasteiger charge is 2.25. The molecule has 1 aliphatic rings. The summed E-state index contributed by atoms with van der Waals surface area (Å²) in [5, 5.41) is 5.64. The number of hydrogen-bond donors (Lipinski definition) is 2. The lowest BCUT2D eigenvalue weighted by atomic mass is 10.1. The Bertz CT molecular complexity index is 580. The van der Waals surface area contributed by atoms with Gasteiger partial charge in [-0.25, -0.2) is 9.18 Å². The standard InChI is InChI=1S/C16H22FN3O3/c1-3-15(21)18-12-5-4-8-20(10-12)16(22)19-13-7-6-11(17)9-14(13)23-2/h6-7,9,12H,3-5,8,10H2,1-2H3,(H,18,21)(H,19,22)/t12-/m0/s1. The first-order valence-corrected chi connectivity index (χ1v) is 7.72. The van der Waals surface area contributed by atoms with Crippen LogP contribution in [-0.2, 0) is 4.79 Å². The summed E-state index contributed by atoms with van der Waals surface area (Å²) in [7, 11) is 1.42. The second-order valence-corrected chi connectivity index (χ2v) is 5.48. The van der Waals surface area contributed by atoms with Gasteiger partial charge in [-0.2, -0.15) is 0 Å². The van der Waals surface area contributed by atoms with E-state index in [0.717, 1.165) is 12.8 Å². The van der Waals surface area contributed by atoms with Crippen LogP contribution in [0.15, 0.2) is 18.2 Å². The van der Waals surface area contributed by atoms with Crippen LogP contribution in [0.5, 0.6) is 5.75 Å². The van der Waals surface area contributed by atoms with Gasteiger partial charge < -0.3 is 20.3 Å². The predicted octanol–water partition coefficient (Wildman–Crippen LogP) is 2.36. The van der Waals surface area contributed by atoms with Gasteiger partial charge in [0.05, 0.1) is 12.8 Å². The molecular weight excluding hydrogens is 301 g/mol. The highest BCUT2D eigenvalue weighted by atomic mass is 19.1. The fourth-order valence-electron chi connectivity index (χ4n) is 2.57. The molecule has 0 radical (unpaired) electrons. The second kappa shape index (κ2) is 7.80. The Morgan fingerprint density at radius 2 is 2.22 bits per heavy atom. The van der Waals surface area contributed by atoms with Crippen molar-refractivity contribution in [3.05, 3.63) is 24.0 Å². The summed E-state index contributed by atoms with van der Waals surface area (Å²) in [5.74, 6) is -0.177. The van der Waals surface area contributed by atoms with Gasteiger partial charge >= 0.3 is 6.03 Å². The summed E-state index contributed by atoms with van der Waals surface area (Å²) in [5.41, 5.74) is 0.415. The molecule has 6 nitrogen and oxygen atoms in total. The first-order valence-electron chi connectivity index (χ1n) is 7.72. The second-order valence-electron chi connectivity index (χ2n) is 5.48. The first kappa shape index (κ1) is 17.1. The number of urea groups is 1. The molecule has 2 rings (SSSR count). The van der Waals surface area contributed by atoms with Crippen LogP contribution >= 0.6 is 0 Å². The van der Waals surface area contributed by atoms with Crippen molar-refractivity contribution in [3.8, 4) is 5.75 Å². The Balaban J connectivity index is 1.99. The fourth-order valence-corrected chi connectivity index (χ4v) is 2.57. The monoisotopic (exact) mass is 323 g/mol. The van der Waals surface area contributed by atoms with Crippen LogP contribution in [-0.4, -0.2) is 43.1 Å². The molecule has 126 valence electrons. The van der Waals surface area contributed by atoms with E-state index in [1.807, 2.05) is 0 Å². The van der Waals surface area contributed by atoms with Gasteiger partial charge in [0.25, 0.3) is 0 Å². The Labute approximate surface area is 135 Å². The van der Waals surface area contributed by atoms with Crippen LogP contribution in [0.25, 0.3) is 0 Å². The van der Waals surface area contributed by atoms with Crippen LogP contribution in [0, 0.1) is 5.82 Å². The van der Waals surface area contributed by atoms with E-state index in [0.29, 0.717) is 25.2 Å². The normalized spacial score (nSPS) is 17.5. The van der Waals surface area contributed by atoms with Crippen molar-refractivity contribution in [2.24, 2.45) is 0 Å². The maximum absolute atomic E-state index is 13.2. The van der Waals surface area contributed by atoms with Crippen LogP contribution in [0.4, 0.5) is 14.9 Å². The number of ether oxygens (including phenoxy) is 1. The lowest BCUT2D eigenvalue weighted by molar-refractivity contribution is -0.121. The average Bonchev–Trinajstić information content (AvgIpc) is 2.56. The van der Waals surface area contributed by atoms with Crippen LogP contribution in [0.1, 0.15) is 26.2 Å². The number of rotatable bonds is 4. The summed E-state index contributed by atoms with van der Waals surface area (Å²) in [4.78, 5) is 25.5. The number of halogens is 1. The van der Waals surface area contributed by atoms with Gasteiger partial charge in [0.15, 0.2) is 0 Å². The summed E-state index contributed by atoms with van der Waals surface area (Å²) in [6.45, 7) is 2.87. The molecule has 23 heavy (non-hydrogen) atoms. The van der Waals surface area contributed by atoms with E-state index >= 15 is 0 Å². The van der Waals surface area contributed by atoms with Gasteiger partial charge in [0.2, 0.25) is 5.91 Å². The third kappa shape index (κ3) is 4.58. The lowest BCUT2D eigenvalue weighted by Crippen LogP contribution is -2.50. The largest absolute Gasteiger partial charge is 0.494 e. The zero-order chi connectivity index (χ0) is 16.8.